The Labute approximate surface area is 247 Å². The van der Waals surface area contributed by atoms with Crippen LogP contribution in [0.1, 0.15) is 40.6 Å². The molecule has 0 bridgehead atoms. The molecule has 2 aromatic carbocycles. The van der Waals surface area contributed by atoms with Crippen molar-refractivity contribution in [1.82, 2.24) is 15.5 Å². The van der Waals surface area contributed by atoms with Crippen LogP contribution in [0, 0.1) is 5.41 Å². The monoisotopic (exact) mass is 609 g/mol. The van der Waals surface area contributed by atoms with Crippen molar-refractivity contribution >= 4 is 44.9 Å². The van der Waals surface area contributed by atoms with Crippen LogP contribution in [0.2, 0.25) is 0 Å². The number of likely N-dealkylation sites (tertiary alicyclic amines) is 1. The number of amidine groups is 1. The van der Waals surface area contributed by atoms with Crippen LogP contribution in [0.4, 0.5) is 0 Å². The second kappa shape index (κ2) is 11.6. The van der Waals surface area contributed by atoms with Crippen LogP contribution in [-0.4, -0.2) is 61.8 Å². The Morgan fingerprint density at radius 3 is 2.43 bits per heavy atom. The molecule has 5 rings (SSSR count). The van der Waals surface area contributed by atoms with Crippen molar-refractivity contribution in [2.24, 2.45) is 15.5 Å². The number of nitrogens with two attached hydrogens (primary N) is 1. The quantitative estimate of drug-likeness (QED) is 0.235. The summed E-state index contributed by atoms with van der Waals surface area (Å²) in [6.07, 6.45) is 2.31. The predicted octanol–water partition coefficient (Wildman–Crippen LogP) is 2.63. The van der Waals surface area contributed by atoms with Crippen LogP contribution in [0.5, 0.6) is 11.5 Å². The number of fused-ring (bicyclic) bond motifs is 1. The van der Waals surface area contributed by atoms with Gasteiger partial charge in [0.05, 0.1) is 19.3 Å². The maximum Gasteiger partial charge on any atom is 0.252 e. The molecule has 0 unspecified atom stereocenters. The first-order valence-electron chi connectivity index (χ1n) is 13.3. The molecule has 11 nitrogen and oxygen atoms in total. The minimum absolute atomic E-state index is 0.0487. The van der Waals surface area contributed by atoms with Gasteiger partial charge in [-0.2, -0.15) is 0 Å². The van der Waals surface area contributed by atoms with E-state index in [1.165, 1.54) is 11.3 Å². The van der Waals surface area contributed by atoms with Crippen LogP contribution in [0.15, 0.2) is 70.4 Å². The zero-order valence-electron chi connectivity index (χ0n) is 23.1. The second-order valence-corrected chi connectivity index (χ2v) is 13.4. The number of nitrogens with zero attached hydrogens (tertiary/aromatic N) is 2. The van der Waals surface area contributed by atoms with E-state index in [2.05, 4.69) is 22.0 Å². The molecule has 1 aliphatic carbocycles. The fourth-order valence-corrected chi connectivity index (χ4v) is 6.42. The number of rotatable bonds is 10. The van der Waals surface area contributed by atoms with Gasteiger partial charge >= 0.3 is 0 Å². The fourth-order valence-electron chi connectivity index (χ4n) is 5.14. The molecule has 1 saturated heterocycles. The van der Waals surface area contributed by atoms with Gasteiger partial charge in [0.1, 0.15) is 23.4 Å². The van der Waals surface area contributed by atoms with Crippen molar-refractivity contribution in [3.05, 3.63) is 82.0 Å². The molecule has 13 heteroatoms. The molecule has 220 valence electrons. The SMILES string of the molecule is C[C@@]12C[C@@H]1N(C(=O)CNC(=O)c1ccc(Oc3ccccc3)cc1)[C@H](C(=O)NCc1cc(C(N)=NS(C)(=O)=O)cs1)C2. The number of amides is 3. The number of thiophene rings is 1. The first-order chi connectivity index (χ1) is 19.9. The minimum Gasteiger partial charge on any atom is -0.457 e. The summed E-state index contributed by atoms with van der Waals surface area (Å²) < 4.78 is 32.0. The molecule has 42 heavy (non-hydrogen) atoms. The lowest BCUT2D eigenvalue weighted by Crippen LogP contribution is -2.50. The van der Waals surface area contributed by atoms with Crippen LogP contribution < -0.4 is 21.1 Å². The van der Waals surface area contributed by atoms with Crippen molar-refractivity contribution in [3.63, 3.8) is 0 Å². The largest absolute Gasteiger partial charge is 0.457 e. The van der Waals surface area contributed by atoms with E-state index in [1.807, 2.05) is 30.3 Å². The van der Waals surface area contributed by atoms with E-state index in [0.717, 1.165) is 17.6 Å². The van der Waals surface area contributed by atoms with Crippen molar-refractivity contribution in [2.75, 3.05) is 12.8 Å². The van der Waals surface area contributed by atoms with Crippen molar-refractivity contribution < 1.29 is 27.5 Å². The molecule has 0 radical (unpaired) electrons. The van der Waals surface area contributed by atoms with Crippen molar-refractivity contribution in [3.8, 4) is 11.5 Å². The summed E-state index contributed by atoms with van der Waals surface area (Å²) in [5.41, 5.74) is 6.48. The highest BCUT2D eigenvalue weighted by Gasteiger charge is 2.64. The number of carbonyl (C=O) groups is 3. The number of benzene rings is 2. The summed E-state index contributed by atoms with van der Waals surface area (Å²) in [6, 6.07) is 16.9. The zero-order valence-corrected chi connectivity index (χ0v) is 24.7. The number of hydrogen-bond donors (Lipinski definition) is 3. The fraction of sp³-hybridized carbons (Fsp3) is 0.310. The minimum atomic E-state index is -3.63. The van der Waals surface area contributed by atoms with Gasteiger partial charge in [-0.05, 0) is 60.7 Å². The summed E-state index contributed by atoms with van der Waals surface area (Å²) in [7, 11) is -3.63. The second-order valence-electron chi connectivity index (χ2n) is 10.7. The number of sulfonamides is 1. The molecule has 3 aromatic rings. The summed E-state index contributed by atoms with van der Waals surface area (Å²) in [6.45, 7) is 2.01. The van der Waals surface area contributed by atoms with E-state index in [4.69, 9.17) is 10.5 Å². The summed E-state index contributed by atoms with van der Waals surface area (Å²) >= 11 is 1.31. The number of para-hydroxylation sites is 1. The standard InChI is InChI=1S/C29H31N5O6S2/c1-29-13-23(28(37)31-15-22-12-19(17-41-22)26(30)33-42(2,38)39)34(24(29)14-29)25(35)16-32-27(36)18-8-10-21(11-9-18)40-20-6-4-3-5-7-20/h3-12,17,23-24H,13-16H2,1-2H3,(H2,30,33)(H,31,37)(H,32,36)/t23-,24-,29+/m0/s1. The van der Waals surface area contributed by atoms with Gasteiger partial charge in [-0.15, -0.1) is 15.7 Å². The Bertz CT molecular complexity index is 1640. The van der Waals surface area contributed by atoms with Crippen LogP contribution in [0.25, 0.3) is 0 Å². The first kappa shape index (κ1) is 29.3. The van der Waals surface area contributed by atoms with Crippen LogP contribution in [-0.2, 0) is 26.2 Å². The molecule has 1 saturated carbocycles. The van der Waals surface area contributed by atoms with Gasteiger partial charge in [0.15, 0.2) is 0 Å². The average molecular weight is 610 g/mol. The number of piperidine rings is 1. The Kier molecular flexibility index (Phi) is 8.06. The molecular weight excluding hydrogens is 578 g/mol. The first-order valence-corrected chi connectivity index (χ1v) is 16.0. The molecule has 1 aromatic heterocycles. The van der Waals surface area contributed by atoms with Gasteiger partial charge in [-0.3, -0.25) is 14.4 Å². The van der Waals surface area contributed by atoms with Gasteiger partial charge in [0.2, 0.25) is 11.8 Å². The smallest absolute Gasteiger partial charge is 0.252 e. The Balaban J connectivity index is 1.15. The van der Waals surface area contributed by atoms with Gasteiger partial charge in [0.25, 0.3) is 15.9 Å². The highest BCUT2D eigenvalue weighted by atomic mass is 32.2. The van der Waals surface area contributed by atoms with E-state index in [-0.39, 0.29) is 42.2 Å². The van der Waals surface area contributed by atoms with Gasteiger partial charge in [-0.1, -0.05) is 25.1 Å². The summed E-state index contributed by atoms with van der Waals surface area (Å²) in [4.78, 5) is 41.5. The Morgan fingerprint density at radius 1 is 1.05 bits per heavy atom. The van der Waals surface area contributed by atoms with Crippen LogP contribution in [0.3, 0.4) is 0 Å². The van der Waals surface area contributed by atoms with Crippen LogP contribution >= 0.6 is 11.3 Å². The van der Waals surface area contributed by atoms with E-state index in [0.29, 0.717) is 29.0 Å². The highest BCUT2D eigenvalue weighted by Crippen LogP contribution is 2.59. The van der Waals surface area contributed by atoms with Gasteiger partial charge in [0, 0.05) is 27.4 Å². The molecule has 0 spiro atoms. The lowest BCUT2D eigenvalue weighted by atomic mass is 10.0. The zero-order chi connectivity index (χ0) is 30.1. The van der Waals surface area contributed by atoms with Gasteiger partial charge < -0.3 is 26.0 Å². The number of nitrogens with one attached hydrogen (secondary N) is 2. The number of hydrogen-bond acceptors (Lipinski definition) is 7. The van der Waals surface area contributed by atoms with E-state index in [1.54, 1.807) is 40.6 Å². The predicted molar refractivity (Wildman–Crippen MR) is 159 cm³/mol. The third kappa shape index (κ3) is 6.80. The molecule has 2 heterocycles. The normalized spacial score (nSPS) is 21.4. The van der Waals surface area contributed by atoms with Crippen molar-refractivity contribution in [2.45, 2.75) is 38.4 Å². The number of ether oxygens (including phenoxy) is 1. The van der Waals surface area contributed by atoms with E-state index >= 15 is 0 Å². The third-order valence-corrected chi connectivity index (χ3v) is 8.84. The van der Waals surface area contributed by atoms with Crippen molar-refractivity contribution in [1.29, 1.82) is 0 Å². The Morgan fingerprint density at radius 2 is 1.74 bits per heavy atom. The maximum absolute atomic E-state index is 13.2. The maximum atomic E-state index is 13.2. The average Bonchev–Trinajstić information content (AvgIpc) is 3.26. The third-order valence-electron chi connectivity index (χ3n) is 7.37. The van der Waals surface area contributed by atoms with Gasteiger partial charge in [-0.25, -0.2) is 8.42 Å². The molecule has 2 aliphatic rings. The van der Waals surface area contributed by atoms with E-state index < -0.39 is 22.0 Å². The number of carbonyl (C=O) groups excluding carboxylic acids is 3. The van der Waals surface area contributed by atoms with E-state index in [9.17, 15) is 22.8 Å². The lowest BCUT2D eigenvalue weighted by Gasteiger charge is -2.27. The lowest BCUT2D eigenvalue weighted by molar-refractivity contribution is -0.139. The molecule has 3 amide bonds. The molecule has 4 N–H and O–H groups in total. The molecule has 1 aliphatic heterocycles. The highest BCUT2D eigenvalue weighted by molar-refractivity contribution is 7.89. The Hall–Kier alpha value is -4.23. The summed E-state index contributed by atoms with van der Waals surface area (Å²) in [5, 5.41) is 7.22. The molecular formula is C29H31N5O6S2. The molecule has 3 atom stereocenters. The summed E-state index contributed by atoms with van der Waals surface area (Å²) in [5.74, 6) is 0.134. The molecule has 2 fully saturated rings. The topological polar surface area (TPSA) is 160 Å².